The molecule has 0 saturated carbocycles. The van der Waals surface area contributed by atoms with Gasteiger partial charge in [0.05, 0.1) is 19.3 Å². The topological polar surface area (TPSA) is 93.4 Å². The second kappa shape index (κ2) is 6.91. The van der Waals surface area contributed by atoms with E-state index >= 15 is 0 Å². The number of hydrogen-bond acceptors (Lipinski definition) is 4. The maximum Gasteiger partial charge on any atom is 0.238 e. The third-order valence-corrected chi connectivity index (χ3v) is 2.72. The first kappa shape index (κ1) is 16.0. The molecule has 6 heteroatoms. The molecule has 110 valence electrons. The lowest BCUT2D eigenvalue weighted by atomic mass is 10.0. The molecule has 0 atom stereocenters. The van der Waals surface area contributed by atoms with Crippen LogP contribution in [0.25, 0.3) is 0 Å². The molecule has 1 rings (SSSR count). The summed E-state index contributed by atoms with van der Waals surface area (Å²) in [5, 5.41) is 5.74. The molecule has 0 aromatic heterocycles. The first-order valence-electron chi connectivity index (χ1n) is 6.30. The number of nitrogens with two attached hydrogens (primary N) is 1. The molecular weight excluding hydrogens is 258 g/mol. The summed E-state index contributed by atoms with van der Waals surface area (Å²) in [6, 6.07) is 7.15. The van der Waals surface area contributed by atoms with Crippen LogP contribution >= 0.6 is 0 Å². The molecule has 0 bridgehead atoms. The maximum absolute atomic E-state index is 11.9. The molecule has 1 aromatic rings. The van der Waals surface area contributed by atoms with Crippen LogP contribution in [0.15, 0.2) is 24.3 Å². The molecular formula is C14H21N3O3. The SMILES string of the molecule is COc1ccccc1NC(=O)CNC(C)(C)CC(N)=O. The minimum Gasteiger partial charge on any atom is -0.495 e. The first-order valence-corrected chi connectivity index (χ1v) is 6.30. The van der Waals surface area contributed by atoms with Crippen LogP contribution in [0.2, 0.25) is 0 Å². The number of ether oxygens (including phenoxy) is 1. The second-order valence-corrected chi connectivity index (χ2v) is 5.13. The minimum atomic E-state index is -0.524. The quantitative estimate of drug-likeness (QED) is 0.690. The lowest BCUT2D eigenvalue weighted by Gasteiger charge is -2.24. The highest BCUT2D eigenvalue weighted by Gasteiger charge is 2.21. The Hall–Kier alpha value is -2.08. The Morgan fingerprint density at radius 2 is 1.95 bits per heavy atom. The van der Waals surface area contributed by atoms with E-state index in [1.807, 2.05) is 26.0 Å². The van der Waals surface area contributed by atoms with E-state index in [1.165, 1.54) is 0 Å². The van der Waals surface area contributed by atoms with Crippen LogP contribution in [0.1, 0.15) is 20.3 Å². The zero-order chi connectivity index (χ0) is 15.2. The van der Waals surface area contributed by atoms with Gasteiger partial charge in [-0.15, -0.1) is 0 Å². The van der Waals surface area contributed by atoms with Crippen LogP contribution in [0.5, 0.6) is 5.75 Å². The predicted molar refractivity (Wildman–Crippen MR) is 77.5 cm³/mol. The van der Waals surface area contributed by atoms with Crippen LogP contribution in [0.4, 0.5) is 5.69 Å². The number of amides is 2. The van der Waals surface area contributed by atoms with Crippen LogP contribution in [0, 0.1) is 0 Å². The molecule has 0 aliphatic carbocycles. The lowest BCUT2D eigenvalue weighted by Crippen LogP contribution is -2.46. The third kappa shape index (κ3) is 5.27. The molecule has 6 nitrogen and oxygen atoms in total. The minimum absolute atomic E-state index is 0.0817. The number of rotatable bonds is 7. The molecule has 0 aliphatic heterocycles. The summed E-state index contributed by atoms with van der Waals surface area (Å²) < 4.78 is 5.15. The molecule has 2 amide bonds. The van der Waals surface area contributed by atoms with Crippen molar-refractivity contribution in [3.8, 4) is 5.75 Å². The predicted octanol–water partition coefficient (Wildman–Crippen LogP) is 0.877. The molecule has 0 aliphatic rings. The molecule has 0 heterocycles. The fraction of sp³-hybridized carbons (Fsp3) is 0.429. The zero-order valence-corrected chi connectivity index (χ0v) is 12.0. The highest BCUT2D eigenvalue weighted by atomic mass is 16.5. The summed E-state index contributed by atoms with van der Waals surface area (Å²) in [5.74, 6) is -0.0306. The highest BCUT2D eigenvalue weighted by Crippen LogP contribution is 2.22. The Labute approximate surface area is 118 Å². The van der Waals surface area contributed by atoms with Gasteiger partial charge in [-0.05, 0) is 26.0 Å². The molecule has 0 radical (unpaired) electrons. The first-order chi connectivity index (χ1) is 9.34. The van der Waals surface area contributed by atoms with Gasteiger partial charge in [0.25, 0.3) is 0 Å². The van der Waals surface area contributed by atoms with Crippen LogP contribution in [-0.2, 0) is 9.59 Å². The molecule has 4 N–H and O–H groups in total. The van der Waals surface area contributed by atoms with Gasteiger partial charge in [-0.25, -0.2) is 0 Å². The number of carbonyl (C=O) groups excluding carboxylic acids is 2. The van der Waals surface area contributed by atoms with Crippen molar-refractivity contribution in [2.75, 3.05) is 19.0 Å². The van der Waals surface area contributed by atoms with Gasteiger partial charge < -0.3 is 21.1 Å². The Morgan fingerprint density at radius 1 is 1.30 bits per heavy atom. The van der Waals surface area contributed by atoms with Gasteiger partial charge in [-0.2, -0.15) is 0 Å². The summed E-state index contributed by atoms with van der Waals surface area (Å²) in [4.78, 5) is 22.8. The van der Waals surface area contributed by atoms with Crippen molar-refractivity contribution in [2.45, 2.75) is 25.8 Å². The zero-order valence-electron chi connectivity index (χ0n) is 12.0. The number of benzene rings is 1. The molecule has 0 unspecified atom stereocenters. The average Bonchev–Trinajstić information content (AvgIpc) is 2.36. The van der Waals surface area contributed by atoms with Gasteiger partial charge in [0.15, 0.2) is 0 Å². The van der Waals surface area contributed by atoms with Gasteiger partial charge in [0.2, 0.25) is 11.8 Å². The van der Waals surface area contributed by atoms with Crippen LogP contribution in [-0.4, -0.2) is 31.0 Å². The number of hydrogen-bond donors (Lipinski definition) is 3. The summed E-state index contributed by atoms with van der Waals surface area (Å²) in [6.07, 6.45) is 0.162. The number of para-hydroxylation sites is 2. The second-order valence-electron chi connectivity index (χ2n) is 5.13. The summed E-state index contributed by atoms with van der Waals surface area (Å²) in [7, 11) is 1.54. The number of carbonyl (C=O) groups is 2. The van der Waals surface area contributed by atoms with E-state index in [2.05, 4.69) is 10.6 Å². The number of primary amides is 1. The standard InChI is InChI=1S/C14H21N3O3/c1-14(2,8-12(15)18)16-9-13(19)17-10-6-4-5-7-11(10)20-3/h4-7,16H,8-9H2,1-3H3,(H2,15,18)(H,17,19). The van der Waals surface area contributed by atoms with Crippen molar-refractivity contribution in [3.63, 3.8) is 0 Å². The van der Waals surface area contributed by atoms with E-state index in [0.29, 0.717) is 11.4 Å². The van der Waals surface area contributed by atoms with Crippen LogP contribution < -0.4 is 21.1 Å². The van der Waals surface area contributed by atoms with Crippen LogP contribution in [0.3, 0.4) is 0 Å². The average molecular weight is 279 g/mol. The van der Waals surface area contributed by atoms with E-state index in [9.17, 15) is 9.59 Å². The maximum atomic E-state index is 11.9. The number of anilines is 1. The van der Waals surface area contributed by atoms with Crippen molar-refractivity contribution in [1.29, 1.82) is 0 Å². The smallest absolute Gasteiger partial charge is 0.238 e. The highest BCUT2D eigenvalue weighted by molar-refractivity contribution is 5.93. The summed E-state index contributed by atoms with van der Waals surface area (Å²) in [5.41, 5.74) is 5.23. The fourth-order valence-electron chi connectivity index (χ4n) is 1.76. The number of methoxy groups -OCH3 is 1. The Bertz CT molecular complexity index is 486. The van der Waals surface area contributed by atoms with E-state index in [1.54, 1.807) is 19.2 Å². The normalized spacial score (nSPS) is 10.9. The van der Waals surface area contributed by atoms with Gasteiger partial charge in [0.1, 0.15) is 5.75 Å². The van der Waals surface area contributed by atoms with E-state index in [0.717, 1.165) is 0 Å². The van der Waals surface area contributed by atoms with Gasteiger partial charge >= 0.3 is 0 Å². The number of nitrogens with one attached hydrogen (secondary N) is 2. The Balaban J connectivity index is 2.54. The van der Waals surface area contributed by atoms with E-state index in [-0.39, 0.29) is 18.9 Å². The Morgan fingerprint density at radius 3 is 2.55 bits per heavy atom. The summed E-state index contributed by atoms with van der Waals surface area (Å²) in [6.45, 7) is 3.71. The van der Waals surface area contributed by atoms with Crippen molar-refractivity contribution in [1.82, 2.24) is 5.32 Å². The monoisotopic (exact) mass is 279 g/mol. The molecule has 0 fully saturated rings. The summed E-state index contributed by atoms with van der Waals surface area (Å²) >= 11 is 0. The molecule has 0 saturated heterocycles. The van der Waals surface area contributed by atoms with E-state index in [4.69, 9.17) is 10.5 Å². The fourth-order valence-corrected chi connectivity index (χ4v) is 1.76. The van der Waals surface area contributed by atoms with Crippen molar-refractivity contribution in [3.05, 3.63) is 24.3 Å². The van der Waals surface area contributed by atoms with Gasteiger partial charge in [-0.3, -0.25) is 9.59 Å². The van der Waals surface area contributed by atoms with Crippen molar-refractivity contribution < 1.29 is 14.3 Å². The Kier molecular flexibility index (Phi) is 5.52. The van der Waals surface area contributed by atoms with Gasteiger partial charge in [-0.1, -0.05) is 12.1 Å². The van der Waals surface area contributed by atoms with Crippen molar-refractivity contribution in [2.24, 2.45) is 5.73 Å². The van der Waals surface area contributed by atoms with Gasteiger partial charge in [0, 0.05) is 12.0 Å². The lowest BCUT2D eigenvalue weighted by molar-refractivity contribution is -0.120. The molecule has 0 spiro atoms. The van der Waals surface area contributed by atoms with Crippen molar-refractivity contribution >= 4 is 17.5 Å². The largest absolute Gasteiger partial charge is 0.495 e. The molecule has 20 heavy (non-hydrogen) atoms. The van der Waals surface area contributed by atoms with E-state index < -0.39 is 11.4 Å². The molecule has 1 aromatic carbocycles. The third-order valence-electron chi connectivity index (χ3n) is 2.72.